The van der Waals surface area contributed by atoms with Crippen molar-refractivity contribution in [2.24, 2.45) is 10.9 Å². The average molecular weight is 282 g/mol. The summed E-state index contributed by atoms with van der Waals surface area (Å²) >= 11 is 0. The minimum Gasteiger partial charge on any atom is -0.409 e. The van der Waals surface area contributed by atoms with Gasteiger partial charge in [-0.15, -0.1) is 0 Å². The molecular formula is C16H18N4O. The van der Waals surface area contributed by atoms with Crippen LogP contribution in [-0.4, -0.2) is 22.1 Å². The van der Waals surface area contributed by atoms with E-state index < -0.39 is 0 Å². The van der Waals surface area contributed by atoms with E-state index >= 15 is 0 Å². The largest absolute Gasteiger partial charge is 0.409 e. The fourth-order valence-electron chi connectivity index (χ4n) is 2.89. The molecule has 1 aliphatic rings. The van der Waals surface area contributed by atoms with Gasteiger partial charge < -0.3 is 15.8 Å². The molecule has 3 rings (SSSR count). The normalized spacial score (nSPS) is 17.9. The summed E-state index contributed by atoms with van der Waals surface area (Å²) in [4.78, 5) is 6.82. The summed E-state index contributed by atoms with van der Waals surface area (Å²) in [6, 6.07) is 12.3. The Labute approximate surface area is 123 Å². The van der Waals surface area contributed by atoms with Crippen LogP contribution < -0.4 is 10.6 Å². The Bertz CT molecular complexity index is 711. The van der Waals surface area contributed by atoms with Crippen molar-refractivity contribution in [2.75, 3.05) is 4.90 Å². The maximum Gasteiger partial charge on any atom is 0.170 e. The lowest BCUT2D eigenvalue weighted by molar-refractivity contribution is 0.318. The fourth-order valence-corrected chi connectivity index (χ4v) is 2.89. The zero-order valence-electron chi connectivity index (χ0n) is 12.1. The van der Waals surface area contributed by atoms with Crippen LogP contribution in [-0.2, 0) is 6.42 Å². The fraction of sp³-hybridized carbons (Fsp3) is 0.250. The van der Waals surface area contributed by atoms with Crippen molar-refractivity contribution >= 4 is 17.3 Å². The molecule has 0 saturated carbocycles. The summed E-state index contributed by atoms with van der Waals surface area (Å²) < 4.78 is 0. The van der Waals surface area contributed by atoms with Gasteiger partial charge in [0.1, 0.15) is 5.82 Å². The van der Waals surface area contributed by atoms with Gasteiger partial charge in [-0.2, -0.15) is 0 Å². The van der Waals surface area contributed by atoms with E-state index in [1.165, 1.54) is 11.3 Å². The first-order valence-electron chi connectivity index (χ1n) is 6.94. The lowest BCUT2D eigenvalue weighted by Crippen LogP contribution is -2.25. The number of anilines is 2. The number of nitrogens with two attached hydrogens (primary N) is 1. The van der Waals surface area contributed by atoms with Crippen LogP contribution in [0.1, 0.15) is 23.7 Å². The van der Waals surface area contributed by atoms with E-state index in [9.17, 15) is 0 Å². The van der Waals surface area contributed by atoms with E-state index in [1.807, 2.05) is 25.1 Å². The number of pyridine rings is 1. The third-order valence-corrected chi connectivity index (χ3v) is 3.80. The molecule has 0 saturated heterocycles. The molecule has 1 unspecified atom stereocenters. The van der Waals surface area contributed by atoms with Crippen LogP contribution in [0.2, 0.25) is 0 Å². The highest BCUT2D eigenvalue weighted by Crippen LogP contribution is 2.37. The van der Waals surface area contributed by atoms with E-state index in [0.29, 0.717) is 11.6 Å². The van der Waals surface area contributed by atoms with E-state index in [4.69, 9.17) is 10.9 Å². The molecule has 5 nitrogen and oxygen atoms in total. The second-order valence-corrected chi connectivity index (χ2v) is 5.39. The van der Waals surface area contributed by atoms with Gasteiger partial charge in [-0.1, -0.05) is 23.4 Å². The van der Waals surface area contributed by atoms with Gasteiger partial charge >= 0.3 is 0 Å². The van der Waals surface area contributed by atoms with Gasteiger partial charge in [-0.25, -0.2) is 4.98 Å². The van der Waals surface area contributed by atoms with Gasteiger partial charge in [0.05, 0.1) is 0 Å². The lowest BCUT2D eigenvalue weighted by atomic mass is 10.1. The van der Waals surface area contributed by atoms with Crippen molar-refractivity contribution in [1.29, 1.82) is 0 Å². The van der Waals surface area contributed by atoms with Crippen molar-refractivity contribution in [2.45, 2.75) is 26.3 Å². The number of hydrogen-bond donors (Lipinski definition) is 2. The van der Waals surface area contributed by atoms with E-state index in [2.05, 4.69) is 40.2 Å². The number of fused-ring (bicyclic) bond motifs is 1. The summed E-state index contributed by atoms with van der Waals surface area (Å²) in [5, 5.41) is 12.0. The third kappa shape index (κ3) is 2.31. The topological polar surface area (TPSA) is 74.7 Å². The molecule has 0 bridgehead atoms. The molecule has 0 amide bonds. The van der Waals surface area contributed by atoms with Crippen LogP contribution in [0.5, 0.6) is 0 Å². The van der Waals surface area contributed by atoms with Gasteiger partial charge in [-0.3, -0.25) is 0 Å². The van der Waals surface area contributed by atoms with Gasteiger partial charge in [0, 0.05) is 23.0 Å². The highest BCUT2D eigenvalue weighted by molar-refractivity contribution is 5.98. The molecule has 0 radical (unpaired) electrons. The number of nitrogens with zero attached hydrogens (tertiary/aromatic N) is 3. The predicted molar refractivity (Wildman–Crippen MR) is 83.2 cm³/mol. The molecule has 2 heterocycles. The van der Waals surface area contributed by atoms with Crippen LogP contribution in [0, 0.1) is 6.92 Å². The summed E-state index contributed by atoms with van der Waals surface area (Å²) in [6.07, 6.45) is 0.991. The van der Waals surface area contributed by atoms with Gasteiger partial charge in [0.25, 0.3) is 0 Å². The maximum atomic E-state index is 8.87. The zero-order valence-corrected chi connectivity index (χ0v) is 12.1. The highest BCUT2D eigenvalue weighted by atomic mass is 16.4. The summed E-state index contributed by atoms with van der Waals surface area (Å²) in [5.41, 5.74) is 9.72. The predicted octanol–water partition coefficient (Wildman–Crippen LogP) is 2.57. The third-order valence-electron chi connectivity index (χ3n) is 3.80. The quantitative estimate of drug-likeness (QED) is 0.384. The second-order valence-electron chi connectivity index (χ2n) is 5.39. The molecule has 108 valence electrons. The Balaban J connectivity index is 2.11. The Morgan fingerprint density at radius 3 is 2.90 bits per heavy atom. The Hall–Kier alpha value is -2.56. The second kappa shape index (κ2) is 5.09. The number of para-hydroxylation sites is 1. The minimum atomic E-state index is 0.0990. The number of aromatic nitrogens is 1. The van der Waals surface area contributed by atoms with E-state index in [-0.39, 0.29) is 5.84 Å². The first-order valence-corrected chi connectivity index (χ1v) is 6.94. The van der Waals surface area contributed by atoms with E-state index in [1.54, 1.807) is 0 Å². The van der Waals surface area contributed by atoms with Gasteiger partial charge in [-0.05, 0) is 44.0 Å². The number of hydrogen-bond acceptors (Lipinski definition) is 4. The molecular weight excluding hydrogens is 264 g/mol. The molecule has 1 aromatic carbocycles. The molecule has 5 heteroatoms. The number of benzene rings is 1. The number of oxime groups is 1. The first kappa shape index (κ1) is 13.4. The summed E-state index contributed by atoms with van der Waals surface area (Å²) in [5.74, 6) is 0.927. The molecule has 1 aromatic heterocycles. The number of aryl methyl sites for hydroxylation is 1. The Morgan fingerprint density at radius 1 is 1.38 bits per heavy atom. The first-order chi connectivity index (χ1) is 10.1. The molecule has 0 spiro atoms. The van der Waals surface area contributed by atoms with Crippen molar-refractivity contribution in [3.05, 3.63) is 53.2 Å². The van der Waals surface area contributed by atoms with Gasteiger partial charge in [0.15, 0.2) is 5.84 Å². The molecule has 1 atom stereocenters. The van der Waals surface area contributed by atoms with Crippen molar-refractivity contribution < 1.29 is 5.21 Å². The van der Waals surface area contributed by atoms with Crippen molar-refractivity contribution in [3.63, 3.8) is 0 Å². The molecule has 0 aliphatic carbocycles. The smallest absolute Gasteiger partial charge is 0.170 e. The molecule has 2 aromatic rings. The standard InChI is InChI=1S/C16H18N4O/c1-10-7-13(16(17)19-21)9-15(18-10)20-11(2)8-12-5-3-4-6-14(12)20/h3-7,9,11,21H,8H2,1-2H3,(H2,17,19). The molecule has 3 N–H and O–H groups in total. The van der Waals surface area contributed by atoms with Crippen LogP contribution >= 0.6 is 0 Å². The van der Waals surface area contributed by atoms with E-state index in [0.717, 1.165) is 17.9 Å². The summed E-state index contributed by atoms with van der Waals surface area (Å²) in [6.45, 7) is 4.08. The lowest BCUT2D eigenvalue weighted by Gasteiger charge is -2.24. The average Bonchev–Trinajstić information content (AvgIpc) is 2.81. The monoisotopic (exact) mass is 282 g/mol. The van der Waals surface area contributed by atoms with Gasteiger partial charge in [0.2, 0.25) is 0 Å². The maximum absolute atomic E-state index is 8.87. The highest BCUT2D eigenvalue weighted by Gasteiger charge is 2.28. The molecule has 1 aliphatic heterocycles. The Morgan fingerprint density at radius 2 is 2.14 bits per heavy atom. The van der Waals surface area contributed by atoms with Crippen molar-refractivity contribution in [3.8, 4) is 0 Å². The molecule has 21 heavy (non-hydrogen) atoms. The van der Waals surface area contributed by atoms with Crippen LogP contribution in [0.15, 0.2) is 41.6 Å². The minimum absolute atomic E-state index is 0.0990. The van der Waals surface area contributed by atoms with Crippen LogP contribution in [0.4, 0.5) is 11.5 Å². The molecule has 0 fully saturated rings. The van der Waals surface area contributed by atoms with Crippen LogP contribution in [0.3, 0.4) is 0 Å². The van der Waals surface area contributed by atoms with Crippen LogP contribution in [0.25, 0.3) is 0 Å². The zero-order chi connectivity index (χ0) is 15.0. The number of rotatable bonds is 2. The SMILES string of the molecule is Cc1cc(/C(N)=N/O)cc(N2c3ccccc3CC2C)n1. The van der Waals surface area contributed by atoms with Crippen molar-refractivity contribution in [1.82, 2.24) is 4.98 Å². The number of amidine groups is 1. The Kier molecular flexibility index (Phi) is 3.25. The summed E-state index contributed by atoms with van der Waals surface area (Å²) in [7, 11) is 0.